The third kappa shape index (κ3) is 3.47. The first kappa shape index (κ1) is 22.2. The highest BCUT2D eigenvalue weighted by Gasteiger charge is 2.34. The van der Waals surface area contributed by atoms with Crippen LogP contribution in [-0.2, 0) is 13.7 Å². The van der Waals surface area contributed by atoms with Crippen LogP contribution in [0.4, 0.5) is 0 Å². The average molecular weight is 478 g/mol. The Morgan fingerprint density at radius 3 is 2.65 bits per heavy atom. The van der Waals surface area contributed by atoms with Gasteiger partial charge < -0.3 is 14.4 Å². The van der Waals surface area contributed by atoms with E-state index in [9.17, 15) is 4.79 Å². The Morgan fingerprint density at radius 2 is 2.03 bits per heavy atom. The zero-order chi connectivity index (χ0) is 24.2. The Morgan fingerprint density at radius 1 is 1.24 bits per heavy atom. The molecule has 0 fully saturated rings. The quantitative estimate of drug-likeness (QED) is 0.423. The number of thiophene rings is 1. The van der Waals surface area contributed by atoms with Crippen LogP contribution in [0.15, 0.2) is 41.2 Å². The first-order chi connectivity index (χ1) is 16.2. The molecule has 0 unspecified atom stereocenters. The summed E-state index contributed by atoms with van der Waals surface area (Å²) in [6.45, 7) is 6.27. The van der Waals surface area contributed by atoms with Crippen molar-refractivity contribution in [3.05, 3.63) is 52.5 Å². The summed E-state index contributed by atoms with van der Waals surface area (Å²) in [6, 6.07) is 7.88. The summed E-state index contributed by atoms with van der Waals surface area (Å²) in [7, 11) is 5.34. The Balaban J connectivity index is 1.76. The van der Waals surface area contributed by atoms with Gasteiger partial charge in [-0.25, -0.2) is 4.68 Å². The van der Waals surface area contributed by atoms with Crippen molar-refractivity contribution in [1.29, 1.82) is 0 Å². The molecule has 1 amide bonds. The summed E-state index contributed by atoms with van der Waals surface area (Å²) in [4.78, 5) is 15.2. The lowest BCUT2D eigenvalue weighted by Crippen LogP contribution is -2.43. The molecule has 34 heavy (non-hydrogen) atoms. The van der Waals surface area contributed by atoms with E-state index in [1.807, 2.05) is 67.5 Å². The van der Waals surface area contributed by atoms with Gasteiger partial charge in [0.1, 0.15) is 18.1 Å². The molecule has 0 atom stereocenters. The van der Waals surface area contributed by atoms with Crippen LogP contribution >= 0.6 is 11.3 Å². The third-order valence-electron chi connectivity index (χ3n) is 6.27. The van der Waals surface area contributed by atoms with Gasteiger partial charge >= 0.3 is 0 Å². The molecule has 0 saturated carbocycles. The van der Waals surface area contributed by atoms with Gasteiger partial charge in [-0.05, 0) is 44.4 Å². The molecule has 0 bridgehead atoms. The van der Waals surface area contributed by atoms with E-state index in [1.54, 1.807) is 41.3 Å². The standard InChI is InChI=1S/C25H27N5O3S/c1-25(2,3)28(4)24(31)22-18-13-33-21-12-20(32-6)16(19-7-9-26-29(19)5)11-17(21)23(18)30(27-22)15-8-10-34-14-15/h7-12,14H,13H2,1-6H3. The fourth-order valence-electron chi connectivity index (χ4n) is 4.09. The number of carbonyl (C=O) groups is 1. The normalized spacial score (nSPS) is 12.6. The van der Waals surface area contributed by atoms with Crippen LogP contribution in [0.5, 0.6) is 11.5 Å². The van der Waals surface area contributed by atoms with E-state index in [-0.39, 0.29) is 18.1 Å². The Hall–Kier alpha value is -3.59. The Kier molecular flexibility index (Phi) is 5.24. The van der Waals surface area contributed by atoms with Gasteiger partial charge in [0.15, 0.2) is 5.69 Å². The van der Waals surface area contributed by atoms with E-state index in [1.165, 1.54) is 0 Å². The molecule has 176 valence electrons. The first-order valence-electron chi connectivity index (χ1n) is 11.0. The molecule has 3 aromatic heterocycles. The minimum absolute atomic E-state index is 0.134. The van der Waals surface area contributed by atoms with Gasteiger partial charge in [0.2, 0.25) is 0 Å². The van der Waals surface area contributed by atoms with Gasteiger partial charge in [0.25, 0.3) is 5.91 Å². The molecular formula is C25H27N5O3S. The highest BCUT2D eigenvalue weighted by atomic mass is 32.1. The maximum atomic E-state index is 13.5. The average Bonchev–Trinajstić information content (AvgIpc) is 3.55. The van der Waals surface area contributed by atoms with Crippen molar-refractivity contribution >= 4 is 17.2 Å². The second-order valence-corrected chi connectivity index (χ2v) is 10.1. The van der Waals surface area contributed by atoms with E-state index in [2.05, 4.69) is 5.10 Å². The zero-order valence-electron chi connectivity index (χ0n) is 20.1. The van der Waals surface area contributed by atoms with E-state index in [0.29, 0.717) is 17.2 Å². The van der Waals surface area contributed by atoms with Crippen LogP contribution in [0.2, 0.25) is 0 Å². The highest BCUT2D eigenvalue weighted by molar-refractivity contribution is 7.08. The van der Waals surface area contributed by atoms with Crippen LogP contribution < -0.4 is 9.47 Å². The van der Waals surface area contributed by atoms with Crippen LogP contribution in [0.3, 0.4) is 0 Å². The third-order valence-corrected chi connectivity index (χ3v) is 6.94. The number of fused-ring (bicyclic) bond motifs is 3. The molecule has 4 aromatic rings. The maximum Gasteiger partial charge on any atom is 0.274 e. The molecule has 0 saturated heterocycles. The lowest BCUT2D eigenvalue weighted by Gasteiger charge is -2.31. The summed E-state index contributed by atoms with van der Waals surface area (Å²) in [5.74, 6) is 1.25. The summed E-state index contributed by atoms with van der Waals surface area (Å²) >= 11 is 1.58. The second kappa shape index (κ2) is 8.02. The lowest BCUT2D eigenvalue weighted by atomic mass is 9.97. The molecule has 4 heterocycles. The molecule has 8 nitrogen and oxygen atoms in total. The summed E-state index contributed by atoms with van der Waals surface area (Å²) in [6.07, 6.45) is 1.75. The van der Waals surface area contributed by atoms with Crippen LogP contribution in [0, 0.1) is 0 Å². The molecule has 0 radical (unpaired) electrons. The number of hydrogen-bond donors (Lipinski definition) is 0. The van der Waals surface area contributed by atoms with E-state index >= 15 is 0 Å². The number of nitrogens with zero attached hydrogens (tertiary/aromatic N) is 5. The number of hydrogen-bond acceptors (Lipinski definition) is 6. The van der Waals surface area contributed by atoms with E-state index in [4.69, 9.17) is 14.6 Å². The van der Waals surface area contributed by atoms with Gasteiger partial charge in [-0.3, -0.25) is 9.48 Å². The zero-order valence-corrected chi connectivity index (χ0v) is 20.9. The van der Waals surface area contributed by atoms with Gasteiger partial charge in [-0.2, -0.15) is 21.5 Å². The Bertz CT molecular complexity index is 1380. The van der Waals surface area contributed by atoms with Gasteiger partial charge in [-0.1, -0.05) is 0 Å². The SMILES string of the molecule is COc1cc2c(cc1-c1ccnn1C)-c1c(c(C(=O)N(C)C(C)(C)C)nn1-c1ccsc1)CO2. The molecule has 5 rings (SSSR count). The summed E-state index contributed by atoms with van der Waals surface area (Å²) < 4.78 is 15.5. The van der Waals surface area contributed by atoms with Crippen molar-refractivity contribution < 1.29 is 14.3 Å². The molecule has 1 aliphatic rings. The van der Waals surface area contributed by atoms with Crippen molar-refractivity contribution in [1.82, 2.24) is 24.5 Å². The number of carbonyl (C=O) groups excluding carboxylic acids is 1. The largest absolute Gasteiger partial charge is 0.496 e. The molecule has 1 aromatic carbocycles. The number of aryl methyl sites for hydroxylation is 1. The Labute approximate surface area is 202 Å². The number of aromatic nitrogens is 4. The van der Waals surface area contributed by atoms with Crippen molar-refractivity contribution in [2.75, 3.05) is 14.2 Å². The van der Waals surface area contributed by atoms with Crippen LogP contribution in [0.25, 0.3) is 28.2 Å². The van der Waals surface area contributed by atoms with Crippen LogP contribution in [-0.4, -0.2) is 50.1 Å². The smallest absolute Gasteiger partial charge is 0.274 e. The molecule has 1 aliphatic heterocycles. The van der Waals surface area contributed by atoms with Crippen molar-refractivity contribution in [2.45, 2.75) is 32.9 Å². The molecule has 0 spiro atoms. The van der Waals surface area contributed by atoms with Gasteiger partial charge in [-0.15, -0.1) is 0 Å². The minimum Gasteiger partial charge on any atom is -0.496 e. The van der Waals surface area contributed by atoms with Crippen molar-refractivity contribution in [3.8, 4) is 39.7 Å². The fourth-order valence-corrected chi connectivity index (χ4v) is 4.70. The molecule has 9 heteroatoms. The number of benzene rings is 1. The first-order valence-corrected chi connectivity index (χ1v) is 11.9. The molecule has 0 aliphatic carbocycles. The number of rotatable bonds is 4. The summed E-state index contributed by atoms with van der Waals surface area (Å²) in [5.41, 5.74) is 5.26. The maximum absolute atomic E-state index is 13.5. The molecule has 0 N–H and O–H groups in total. The molecular weight excluding hydrogens is 450 g/mol. The van der Waals surface area contributed by atoms with E-state index in [0.717, 1.165) is 33.8 Å². The fraction of sp³-hybridized carbons (Fsp3) is 0.320. The minimum atomic E-state index is -0.344. The van der Waals surface area contributed by atoms with Crippen molar-refractivity contribution in [2.24, 2.45) is 7.05 Å². The second-order valence-electron chi connectivity index (χ2n) is 9.28. The van der Waals surface area contributed by atoms with Crippen LogP contribution in [0.1, 0.15) is 36.8 Å². The lowest BCUT2D eigenvalue weighted by molar-refractivity contribution is 0.0646. The monoisotopic (exact) mass is 477 g/mol. The topological polar surface area (TPSA) is 74.4 Å². The van der Waals surface area contributed by atoms with Crippen molar-refractivity contribution in [3.63, 3.8) is 0 Å². The van der Waals surface area contributed by atoms with E-state index < -0.39 is 0 Å². The number of methoxy groups -OCH3 is 1. The predicted molar refractivity (Wildman–Crippen MR) is 132 cm³/mol. The number of ether oxygens (including phenoxy) is 2. The predicted octanol–water partition coefficient (Wildman–Crippen LogP) is 4.77. The summed E-state index contributed by atoms with van der Waals surface area (Å²) in [5, 5.41) is 13.2. The van der Waals surface area contributed by atoms with Gasteiger partial charge in [0, 0.05) is 54.0 Å². The van der Waals surface area contributed by atoms with Gasteiger partial charge in [0.05, 0.1) is 24.2 Å². The number of amides is 1. The highest BCUT2D eigenvalue weighted by Crippen LogP contribution is 2.46.